The summed E-state index contributed by atoms with van der Waals surface area (Å²) in [4.78, 5) is 22.8. The van der Waals surface area contributed by atoms with Crippen molar-refractivity contribution in [1.29, 1.82) is 0 Å². The van der Waals surface area contributed by atoms with Gasteiger partial charge < -0.3 is 14.5 Å². The molecular weight excluding hydrogens is 288 g/mol. The van der Waals surface area contributed by atoms with Crippen LogP contribution in [0.15, 0.2) is 28.7 Å². The van der Waals surface area contributed by atoms with E-state index >= 15 is 0 Å². The third-order valence-corrected chi connectivity index (χ3v) is 3.01. The van der Waals surface area contributed by atoms with Crippen LogP contribution in [0.4, 0.5) is 11.4 Å². The second kappa shape index (κ2) is 6.30. The molecule has 1 amide bonds. The monoisotopic (exact) mass is 304 g/mol. The Morgan fingerprint density at radius 2 is 2.09 bits per heavy atom. The Labute approximate surface area is 127 Å². The lowest BCUT2D eigenvalue weighted by Gasteiger charge is -2.08. The quantitative estimate of drug-likeness (QED) is 0.674. The van der Waals surface area contributed by atoms with E-state index in [1.165, 1.54) is 12.1 Å². The van der Waals surface area contributed by atoms with Crippen molar-refractivity contribution in [2.75, 3.05) is 11.9 Å². The van der Waals surface area contributed by atoms with E-state index in [1.54, 1.807) is 32.9 Å². The number of anilines is 1. The lowest BCUT2D eigenvalue weighted by Crippen LogP contribution is -2.13. The smallest absolute Gasteiger partial charge is 0.296 e. The highest BCUT2D eigenvalue weighted by Gasteiger charge is 2.20. The van der Waals surface area contributed by atoms with Crippen molar-refractivity contribution < 1.29 is 18.9 Å². The lowest BCUT2D eigenvalue weighted by atomic mass is 10.2. The van der Waals surface area contributed by atoms with Crippen LogP contribution >= 0.6 is 0 Å². The Kier molecular flexibility index (Phi) is 4.45. The van der Waals surface area contributed by atoms with E-state index in [0.29, 0.717) is 29.4 Å². The topological polar surface area (TPSA) is 94.6 Å². The van der Waals surface area contributed by atoms with Gasteiger partial charge in [-0.2, -0.15) is 0 Å². The number of benzene rings is 1. The standard InChI is InChI=1S/C15H16N2O5/c1-4-21-11-5-6-13(14(8-11)17(19)20)16-15(18)12-7-9(2)22-10(12)3/h5-8H,4H2,1-3H3,(H,16,18). The molecule has 0 atom stereocenters. The zero-order valence-electron chi connectivity index (χ0n) is 12.5. The highest BCUT2D eigenvalue weighted by atomic mass is 16.6. The molecule has 0 unspecified atom stereocenters. The molecule has 1 aromatic heterocycles. The molecule has 1 N–H and O–H groups in total. The van der Waals surface area contributed by atoms with Crippen LogP contribution in [-0.4, -0.2) is 17.4 Å². The lowest BCUT2D eigenvalue weighted by molar-refractivity contribution is -0.384. The summed E-state index contributed by atoms with van der Waals surface area (Å²) < 4.78 is 10.5. The summed E-state index contributed by atoms with van der Waals surface area (Å²) in [6.45, 7) is 5.57. The number of hydrogen-bond donors (Lipinski definition) is 1. The van der Waals surface area contributed by atoms with E-state index in [1.807, 2.05) is 0 Å². The zero-order valence-corrected chi connectivity index (χ0v) is 12.5. The number of rotatable bonds is 5. The molecule has 0 aliphatic carbocycles. The van der Waals surface area contributed by atoms with E-state index in [0.717, 1.165) is 0 Å². The van der Waals surface area contributed by atoms with E-state index < -0.39 is 10.8 Å². The summed E-state index contributed by atoms with van der Waals surface area (Å²) in [5, 5.41) is 13.7. The van der Waals surface area contributed by atoms with Crippen molar-refractivity contribution in [2.24, 2.45) is 0 Å². The third-order valence-electron chi connectivity index (χ3n) is 3.01. The maximum absolute atomic E-state index is 12.2. The number of carbonyl (C=O) groups excluding carboxylic acids is 1. The molecule has 0 saturated carbocycles. The molecule has 2 aromatic rings. The fourth-order valence-corrected chi connectivity index (χ4v) is 2.07. The molecule has 1 aromatic carbocycles. The number of nitro groups is 1. The first kappa shape index (κ1) is 15.6. The number of ether oxygens (including phenoxy) is 1. The van der Waals surface area contributed by atoms with Gasteiger partial charge in [-0.3, -0.25) is 14.9 Å². The Morgan fingerprint density at radius 1 is 1.36 bits per heavy atom. The van der Waals surface area contributed by atoms with Crippen molar-refractivity contribution >= 4 is 17.3 Å². The number of nitrogens with zero attached hydrogens (tertiary/aromatic N) is 1. The molecule has 7 heteroatoms. The molecule has 0 saturated heterocycles. The van der Waals surface area contributed by atoms with Gasteiger partial charge in [-0.15, -0.1) is 0 Å². The molecule has 0 spiro atoms. The highest BCUT2D eigenvalue weighted by Crippen LogP contribution is 2.30. The van der Waals surface area contributed by atoms with Gasteiger partial charge in [-0.05, 0) is 39.0 Å². The number of amides is 1. The van der Waals surface area contributed by atoms with Gasteiger partial charge in [0.15, 0.2) is 0 Å². The van der Waals surface area contributed by atoms with Crippen LogP contribution < -0.4 is 10.1 Å². The minimum atomic E-state index is -0.564. The first-order chi connectivity index (χ1) is 10.4. The minimum absolute atomic E-state index is 0.108. The van der Waals surface area contributed by atoms with Crippen molar-refractivity contribution in [3.8, 4) is 5.75 Å². The summed E-state index contributed by atoms with van der Waals surface area (Å²) >= 11 is 0. The molecule has 1 heterocycles. The molecule has 22 heavy (non-hydrogen) atoms. The van der Waals surface area contributed by atoms with Crippen LogP contribution in [0, 0.1) is 24.0 Å². The Bertz CT molecular complexity index is 721. The van der Waals surface area contributed by atoms with Gasteiger partial charge in [0, 0.05) is 0 Å². The summed E-state index contributed by atoms with van der Waals surface area (Å²) in [6, 6.07) is 5.89. The summed E-state index contributed by atoms with van der Waals surface area (Å²) in [6.07, 6.45) is 0. The first-order valence-corrected chi connectivity index (χ1v) is 6.72. The molecule has 116 valence electrons. The number of aryl methyl sites for hydroxylation is 2. The molecule has 0 radical (unpaired) electrons. The Hall–Kier alpha value is -2.83. The SMILES string of the molecule is CCOc1ccc(NC(=O)c2cc(C)oc2C)c([N+](=O)[O-])c1. The van der Waals surface area contributed by atoms with Gasteiger partial charge in [0.1, 0.15) is 23.0 Å². The normalized spacial score (nSPS) is 10.3. The van der Waals surface area contributed by atoms with Gasteiger partial charge in [-0.25, -0.2) is 0 Å². The fraction of sp³-hybridized carbons (Fsp3) is 0.267. The maximum Gasteiger partial charge on any atom is 0.296 e. The second-order valence-electron chi connectivity index (χ2n) is 4.65. The minimum Gasteiger partial charge on any atom is -0.494 e. The van der Waals surface area contributed by atoms with Crippen molar-refractivity contribution in [3.63, 3.8) is 0 Å². The fourth-order valence-electron chi connectivity index (χ4n) is 2.07. The Balaban J connectivity index is 2.30. The van der Waals surface area contributed by atoms with Gasteiger partial charge in [0.25, 0.3) is 11.6 Å². The number of hydrogen-bond acceptors (Lipinski definition) is 5. The van der Waals surface area contributed by atoms with Gasteiger partial charge in [-0.1, -0.05) is 0 Å². The molecule has 7 nitrogen and oxygen atoms in total. The molecule has 0 aliphatic heterocycles. The summed E-state index contributed by atoms with van der Waals surface area (Å²) in [5.41, 5.74) is 0.231. The van der Waals surface area contributed by atoms with Crippen LogP contribution in [0.1, 0.15) is 28.8 Å². The van der Waals surface area contributed by atoms with Crippen LogP contribution in [0.5, 0.6) is 5.75 Å². The molecule has 0 bridgehead atoms. The zero-order chi connectivity index (χ0) is 16.3. The third kappa shape index (κ3) is 3.25. The van der Waals surface area contributed by atoms with Gasteiger partial charge in [0.2, 0.25) is 0 Å². The van der Waals surface area contributed by atoms with Crippen LogP contribution in [0.25, 0.3) is 0 Å². The van der Waals surface area contributed by atoms with Crippen molar-refractivity contribution in [3.05, 3.63) is 51.5 Å². The van der Waals surface area contributed by atoms with E-state index in [2.05, 4.69) is 5.32 Å². The molecule has 2 rings (SSSR count). The Morgan fingerprint density at radius 3 is 2.64 bits per heavy atom. The van der Waals surface area contributed by atoms with E-state index in [4.69, 9.17) is 9.15 Å². The number of nitro benzene ring substituents is 1. The second-order valence-corrected chi connectivity index (χ2v) is 4.65. The average Bonchev–Trinajstić information content (AvgIpc) is 2.79. The van der Waals surface area contributed by atoms with Crippen LogP contribution in [-0.2, 0) is 0 Å². The van der Waals surface area contributed by atoms with E-state index in [-0.39, 0.29) is 11.4 Å². The van der Waals surface area contributed by atoms with Gasteiger partial charge >= 0.3 is 0 Å². The summed E-state index contributed by atoms with van der Waals surface area (Å²) in [5.74, 6) is 0.983. The maximum atomic E-state index is 12.2. The predicted molar refractivity (Wildman–Crippen MR) is 80.4 cm³/mol. The van der Waals surface area contributed by atoms with Crippen LogP contribution in [0.3, 0.4) is 0 Å². The van der Waals surface area contributed by atoms with Crippen molar-refractivity contribution in [2.45, 2.75) is 20.8 Å². The van der Waals surface area contributed by atoms with Crippen molar-refractivity contribution in [1.82, 2.24) is 0 Å². The average molecular weight is 304 g/mol. The molecule has 0 aliphatic rings. The molecule has 0 fully saturated rings. The number of carbonyl (C=O) groups is 1. The van der Waals surface area contributed by atoms with E-state index in [9.17, 15) is 14.9 Å². The highest BCUT2D eigenvalue weighted by molar-refractivity contribution is 6.06. The molecular formula is C15H16N2O5. The van der Waals surface area contributed by atoms with Crippen LogP contribution in [0.2, 0.25) is 0 Å². The number of furan rings is 1. The van der Waals surface area contributed by atoms with Gasteiger partial charge in [0.05, 0.1) is 23.2 Å². The summed E-state index contributed by atoms with van der Waals surface area (Å²) in [7, 11) is 0. The largest absolute Gasteiger partial charge is 0.494 e. The predicted octanol–water partition coefficient (Wildman–Crippen LogP) is 3.46. The number of nitrogens with one attached hydrogen (secondary N) is 1. The first-order valence-electron chi connectivity index (χ1n) is 6.72.